The van der Waals surface area contributed by atoms with E-state index < -0.39 is 0 Å². The summed E-state index contributed by atoms with van der Waals surface area (Å²) in [5.41, 5.74) is 7.06. The van der Waals surface area contributed by atoms with Crippen molar-refractivity contribution in [3.05, 3.63) is 33.4 Å². The van der Waals surface area contributed by atoms with Gasteiger partial charge >= 0.3 is 0 Å². The molecule has 94 valence electrons. The molecule has 3 heteroatoms. The van der Waals surface area contributed by atoms with E-state index in [-0.39, 0.29) is 0 Å². The van der Waals surface area contributed by atoms with Crippen LogP contribution in [0, 0.1) is 9.49 Å². The number of nitrogens with two attached hydrogens (primary N) is 1. The number of hydrogen-bond acceptors (Lipinski definition) is 2. The van der Waals surface area contributed by atoms with Crippen LogP contribution in [0.15, 0.2) is 24.3 Å². The Kier molecular flexibility index (Phi) is 5.25. The Labute approximate surface area is 117 Å². The van der Waals surface area contributed by atoms with E-state index in [1.54, 1.807) is 0 Å². The molecule has 2 unspecified atom stereocenters. The summed E-state index contributed by atoms with van der Waals surface area (Å²) in [6, 6.07) is 8.53. The van der Waals surface area contributed by atoms with Crippen LogP contribution in [0.25, 0.3) is 0 Å². The largest absolute Gasteiger partial charge is 0.373 e. The van der Waals surface area contributed by atoms with Gasteiger partial charge in [-0.1, -0.05) is 25.0 Å². The van der Waals surface area contributed by atoms with Crippen molar-refractivity contribution in [1.29, 1.82) is 0 Å². The monoisotopic (exact) mass is 345 g/mol. The molecule has 1 fully saturated rings. The molecule has 0 saturated heterocycles. The molecule has 1 aliphatic carbocycles. The van der Waals surface area contributed by atoms with Crippen molar-refractivity contribution >= 4 is 22.6 Å². The summed E-state index contributed by atoms with van der Waals surface area (Å²) in [6.45, 7) is 1.48. The van der Waals surface area contributed by atoms with Crippen molar-refractivity contribution in [2.45, 2.75) is 38.4 Å². The maximum atomic E-state index is 6.03. The predicted molar refractivity (Wildman–Crippen MR) is 78.7 cm³/mol. The average molecular weight is 345 g/mol. The highest BCUT2D eigenvalue weighted by atomic mass is 127. The molecule has 2 nitrogen and oxygen atoms in total. The summed E-state index contributed by atoms with van der Waals surface area (Å²) in [5.74, 6) is 0.563. The number of benzene rings is 1. The van der Waals surface area contributed by atoms with Crippen LogP contribution in [-0.4, -0.2) is 12.6 Å². The van der Waals surface area contributed by atoms with Crippen molar-refractivity contribution < 1.29 is 4.74 Å². The molecule has 2 atom stereocenters. The second kappa shape index (κ2) is 6.71. The van der Waals surface area contributed by atoms with Gasteiger partial charge in [-0.05, 0) is 65.6 Å². The van der Waals surface area contributed by atoms with E-state index in [1.165, 1.54) is 34.8 Å². The minimum absolute atomic E-state index is 0.369. The molecule has 0 bridgehead atoms. The Morgan fingerprint density at radius 2 is 1.88 bits per heavy atom. The quantitative estimate of drug-likeness (QED) is 0.850. The molecular weight excluding hydrogens is 325 g/mol. The summed E-state index contributed by atoms with van der Waals surface area (Å²) < 4.78 is 7.30. The fourth-order valence-electron chi connectivity index (χ4n) is 2.45. The molecular formula is C14H20INO. The first-order chi connectivity index (χ1) is 8.29. The van der Waals surface area contributed by atoms with E-state index in [4.69, 9.17) is 10.5 Å². The van der Waals surface area contributed by atoms with E-state index in [1.807, 2.05) is 0 Å². The van der Waals surface area contributed by atoms with Crippen molar-refractivity contribution in [3.8, 4) is 0 Å². The summed E-state index contributed by atoms with van der Waals surface area (Å²) >= 11 is 2.32. The zero-order valence-electron chi connectivity index (χ0n) is 10.1. The SMILES string of the molecule is NCC1CCCCC1OCc1ccc(I)cc1. The highest BCUT2D eigenvalue weighted by Crippen LogP contribution is 2.26. The molecule has 0 spiro atoms. The molecule has 1 aliphatic rings. The molecule has 1 aromatic carbocycles. The predicted octanol–water partition coefficient (Wildman–Crippen LogP) is 3.33. The Morgan fingerprint density at radius 1 is 1.18 bits per heavy atom. The third-order valence-corrected chi connectivity index (χ3v) is 4.24. The van der Waals surface area contributed by atoms with Crippen molar-refractivity contribution in [3.63, 3.8) is 0 Å². The Hall–Kier alpha value is -0.130. The molecule has 2 rings (SSSR count). The van der Waals surface area contributed by atoms with Crippen LogP contribution >= 0.6 is 22.6 Å². The zero-order valence-corrected chi connectivity index (χ0v) is 12.2. The van der Waals surface area contributed by atoms with Crippen molar-refractivity contribution in [2.75, 3.05) is 6.54 Å². The van der Waals surface area contributed by atoms with Crippen molar-refractivity contribution in [1.82, 2.24) is 0 Å². The van der Waals surface area contributed by atoms with Crippen LogP contribution in [0.4, 0.5) is 0 Å². The molecule has 0 radical (unpaired) electrons. The number of hydrogen-bond donors (Lipinski definition) is 1. The van der Waals surface area contributed by atoms with Crippen LogP contribution < -0.4 is 5.73 Å². The first-order valence-corrected chi connectivity index (χ1v) is 7.43. The van der Waals surface area contributed by atoms with Crippen LogP contribution in [0.2, 0.25) is 0 Å². The third-order valence-electron chi connectivity index (χ3n) is 3.52. The van der Waals surface area contributed by atoms with E-state index in [9.17, 15) is 0 Å². The smallest absolute Gasteiger partial charge is 0.0720 e. The van der Waals surface area contributed by atoms with Gasteiger partial charge in [-0.3, -0.25) is 0 Å². The van der Waals surface area contributed by atoms with Gasteiger partial charge in [-0.15, -0.1) is 0 Å². The fourth-order valence-corrected chi connectivity index (χ4v) is 2.81. The lowest BCUT2D eigenvalue weighted by molar-refractivity contribution is -0.0183. The second-order valence-electron chi connectivity index (χ2n) is 4.76. The minimum Gasteiger partial charge on any atom is -0.373 e. The Bertz CT molecular complexity index is 339. The summed E-state index contributed by atoms with van der Waals surface area (Å²) in [5, 5.41) is 0. The highest BCUT2D eigenvalue weighted by molar-refractivity contribution is 14.1. The van der Waals surface area contributed by atoms with E-state index in [0.717, 1.165) is 13.2 Å². The minimum atomic E-state index is 0.369. The lowest BCUT2D eigenvalue weighted by Crippen LogP contribution is -2.33. The van der Waals surface area contributed by atoms with E-state index in [2.05, 4.69) is 46.9 Å². The van der Waals surface area contributed by atoms with Gasteiger partial charge in [0, 0.05) is 3.57 Å². The Balaban J connectivity index is 1.86. The first-order valence-electron chi connectivity index (χ1n) is 6.35. The van der Waals surface area contributed by atoms with Gasteiger partial charge in [0.05, 0.1) is 12.7 Å². The third kappa shape index (κ3) is 3.93. The first kappa shape index (κ1) is 13.3. The molecule has 2 N–H and O–H groups in total. The normalized spacial score (nSPS) is 24.8. The molecule has 1 saturated carbocycles. The summed E-state index contributed by atoms with van der Waals surface area (Å²) in [7, 11) is 0. The van der Waals surface area contributed by atoms with Gasteiger partial charge in [0.1, 0.15) is 0 Å². The zero-order chi connectivity index (χ0) is 12.1. The van der Waals surface area contributed by atoms with Gasteiger partial charge in [-0.2, -0.15) is 0 Å². The van der Waals surface area contributed by atoms with Crippen LogP contribution in [0.1, 0.15) is 31.2 Å². The van der Waals surface area contributed by atoms with Gasteiger partial charge in [0.25, 0.3) is 0 Å². The molecule has 17 heavy (non-hydrogen) atoms. The number of rotatable bonds is 4. The molecule has 1 aromatic rings. The summed E-state index contributed by atoms with van der Waals surface area (Å²) in [6.07, 6.45) is 5.37. The fraction of sp³-hybridized carbons (Fsp3) is 0.571. The van der Waals surface area contributed by atoms with E-state index >= 15 is 0 Å². The number of halogens is 1. The standard InChI is InChI=1S/C14H20INO/c15-13-7-5-11(6-8-13)10-17-14-4-2-1-3-12(14)9-16/h5-8,12,14H,1-4,9-10,16H2. The lowest BCUT2D eigenvalue weighted by atomic mass is 9.86. The van der Waals surface area contributed by atoms with E-state index in [0.29, 0.717) is 12.0 Å². The van der Waals surface area contributed by atoms with Crippen LogP contribution in [0.5, 0.6) is 0 Å². The van der Waals surface area contributed by atoms with Gasteiger partial charge < -0.3 is 10.5 Å². The maximum absolute atomic E-state index is 6.03. The molecule has 0 heterocycles. The second-order valence-corrected chi connectivity index (χ2v) is 6.00. The Morgan fingerprint density at radius 3 is 2.59 bits per heavy atom. The average Bonchev–Trinajstić information content (AvgIpc) is 2.38. The van der Waals surface area contributed by atoms with Crippen molar-refractivity contribution in [2.24, 2.45) is 11.7 Å². The van der Waals surface area contributed by atoms with Crippen LogP contribution in [0.3, 0.4) is 0 Å². The molecule has 0 amide bonds. The van der Waals surface area contributed by atoms with Crippen LogP contribution in [-0.2, 0) is 11.3 Å². The van der Waals surface area contributed by atoms with Gasteiger partial charge in [0.2, 0.25) is 0 Å². The number of ether oxygens (including phenoxy) is 1. The molecule has 0 aliphatic heterocycles. The molecule has 0 aromatic heterocycles. The summed E-state index contributed by atoms with van der Waals surface area (Å²) in [4.78, 5) is 0. The van der Waals surface area contributed by atoms with Gasteiger partial charge in [0.15, 0.2) is 0 Å². The van der Waals surface area contributed by atoms with Gasteiger partial charge in [-0.25, -0.2) is 0 Å². The lowest BCUT2D eigenvalue weighted by Gasteiger charge is -2.30. The topological polar surface area (TPSA) is 35.2 Å². The maximum Gasteiger partial charge on any atom is 0.0720 e. The highest BCUT2D eigenvalue weighted by Gasteiger charge is 2.24.